The minimum Gasteiger partial charge on any atom is -0.396 e. The normalized spacial score (nSPS) is 18.4. The van der Waals surface area contributed by atoms with E-state index in [0.29, 0.717) is 6.04 Å². The maximum absolute atomic E-state index is 9.45. The highest BCUT2D eigenvalue weighted by Crippen LogP contribution is 2.33. The molecule has 1 atom stereocenters. The predicted molar refractivity (Wildman–Crippen MR) is 85.1 cm³/mol. The standard InChI is InChI=1S/C18H29NO/c1-14-7-8-15(18(2,3)4)13-16(14)17(9-12-20)19-10-5-6-11-19/h7-8,13,17,20H,5-6,9-12H2,1-4H3. The molecule has 0 spiro atoms. The van der Waals surface area contributed by atoms with Gasteiger partial charge in [0.05, 0.1) is 0 Å². The van der Waals surface area contributed by atoms with Crippen LogP contribution >= 0.6 is 0 Å². The molecule has 0 saturated carbocycles. The van der Waals surface area contributed by atoms with Gasteiger partial charge in [-0.25, -0.2) is 0 Å². The summed E-state index contributed by atoms with van der Waals surface area (Å²) >= 11 is 0. The third-order valence-electron chi connectivity index (χ3n) is 4.49. The molecular formula is C18H29NO. The summed E-state index contributed by atoms with van der Waals surface area (Å²) in [5.74, 6) is 0. The quantitative estimate of drug-likeness (QED) is 0.903. The first kappa shape index (κ1) is 15.5. The molecule has 2 rings (SSSR count). The number of aliphatic hydroxyl groups excluding tert-OH is 1. The van der Waals surface area contributed by atoms with E-state index in [1.54, 1.807) is 0 Å². The molecule has 1 unspecified atom stereocenters. The second-order valence-electron chi connectivity index (χ2n) is 7.09. The van der Waals surface area contributed by atoms with Crippen molar-refractivity contribution in [3.05, 3.63) is 34.9 Å². The van der Waals surface area contributed by atoms with Gasteiger partial charge < -0.3 is 5.11 Å². The maximum atomic E-state index is 9.45. The van der Waals surface area contributed by atoms with Crippen molar-refractivity contribution in [3.8, 4) is 0 Å². The Morgan fingerprint density at radius 2 is 1.85 bits per heavy atom. The van der Waals surface area contributed by atoms with Crippen molar-refractivity contribution < 1.29 is 5.11 Å². The van der Waals surface area contributed by atoms with Gasteiger partial charge in [0.2, 0.25) is 0 Å². The van der Waals surface area contributed by atoms with Crippen LogP contribution in [-0.4, -0.2) is 29.7 Å². The van der Waals surface area contributed by atoms with Crippen molar-refractivity contribution in [2.75, 3.05) is 19.7 Å². The van der Waals surface area contributed by atoms with E-state index in [2.05, 4.69) is 50.8 Å². The average molecular weight is 275 g/mol. The zero-order chi connectivity index (χ0) is 14.8. The topological polar surface area (TPSA) is 23.5 Å². The van der Waals surface area contributed by atoms with Crippen molar-refractivity contribution in [1.82, 2.24) is 4.90 Å². The molecule has 2 heteroatoms. The summed E-state index contributed by atoms with van der Waals surface area (Å²) in [7, 11) is 0. The number of hydrogen-bond acceptors (Lipinski definition) is 2. The number of likely N-dealkylation sites (tertiary alicyclic amines) is 1. The zero-order valence-electron chi connectivity index (χ0n) is 13.4. The fraction of sp³-hybridized carbons (Fsp3) is 0.667. The van der Waals surface area contributed by atoms with Crippen molar-refractivity contribution in [3.63, 3.8) is 0 Å². The summed E-state index contributed by atoms with van der Waals surface area (Å²) in [6, 6.07) is 7.24. The molecule has 0 aromatic heterocycles. The largest absolute Gasteiger partial charge is 0.396 e. The van der Waals surface area contributed by atoms with Crippen molar-refractivity contribution in [2.45, 2.75) is 58.4 Å². The molecule has 1 aliphatic rings. The molecule has 1 saturated heterocycles. The Morgan fingerprint density at radius 3 is 2.40 bits per heavy atom. The summed E-state index contributed by atoms with van der Waals surface area (Å²) in [6.45, 7) is 11.6. The Hall–Kier alpha value is -0.860. The lowest BCUT2D eigenvalue weighted by Crippen LogP contribution is -2.27. The smallest absolute Gasteiger partial charge is 0.0449 e. The molecule has 0 amide bonds. The van der Waals surface area contributed by atoms with Crippen LogP contribution in [0.2, 0.25) is 0 Å². The van der Waals surface area contributed by atoms with E-state index < -0.39 is 0 Å². The highest BCUT2D eigenvalue weighted by atomic mass is 16.3. The summed E-state index contributed by atoms with van der Waals surface area (Å²) in [5.41, 5.74) is 4.33. The third-order valence-corrected chi connectivity index (χ3v) is 4.49. The number of aryl methyl sites for hydroxylation is 1. The van der Waals surface area contributed by atoms with Gasteiger partial charge in [-0.05, 0) is 61.4 Å². The van der Waals surface area contributed by atoms with E-state index in [9.17, 15) is 5.11 Å². The second kappa shape index (κ2) is 6.28. The molecule has 0 radical (unpaired) electrons. The molecule has 112 valence electrons. The van der Waals surface area contributed by atoms with E-state index in [4.69, 9.17) is 0 Å². The molecule has 20 heavy (non-hydrogen) atoms. The Kier molecular flexibility index (Phi) is 4.87. The summed E-state index contributed by atoms with van der Waals surface area (Å²) in [6.07, 6.45) is 3.42. The first-order valence-corrected chi connectivity index (χ1v) is 7.89. The summed E-state index contributed by atoms with van der Waals surface area (Å²) in [5, 5.41) is 9.45. The maximum Gasteiger partial charge on any atom is 0.0449 e. The van der Waals surface area contributed by atoms with Gasteiger partial charge >= 0.3 is 0 Å². The number of rotatable bonds is 4. The third kappa shape index (κ3) is 3.42. The molecule has 1 aliphatic heterocycles. The molecule has 1 N–H and O–H groups in total. The second-order valence-corrected chi connectivity index (χ2v) is 7.09. The average Bonchev–Trinajstić information content (AvgIpc) is 2.89. The van der Waals surface area contributed by atoms with Gasteiger partial charge in [0.15, 0.2) is 0 Å². The first-order valence-electron chi connectivity index (χ1n) is 7.89. The molecule has 1 fully saturated rings. The van der Waals surface area contributed by atoms with Crippen LogP contribution in [0.4, 0.5) is 0 Å². The van der Waals surface area contributed by atoms with Crippen LogP contribution in [0.25, 0.3) is 0 Å². The highest BCUT2D eigenvalue weighted by Gasteiger charge is 2.25. The van der Waals surface area contributed by atoms with Crippen LogP contribution in [0.5, 0.6) is 0 Å². The van der Waals surface area contributed by atoms with Crippen LogP contribution in [0, 0.1) is 6.92 Å². The van der Waals surface area contributed by atoms with Gasteiger partial charge in [0.1, 0.15) is 0 Å². The Bertz CT molecular complexity index is 441. The van der Waals surface area contributed by atoms with Crippen molar-refractivity contribution >= 4 is 0 Å². The van der Waals surface area contributed by atoms with Crippen LogP contribution in [0.15, 0.2) is 18.2 Å². The van der Waals surface area contributed by atoms with E-state index in [-0.39, 0.29) is 12.0 Å². The lowest BCUT2D eigenvalue weighted by molar-refractivity contribution is 0.185. The van der Waals surface area contributed by atoms with Gasteiger partial charge in [0, 0.05) is 12.6 Å². The number of nitrogens with zero attached hydrogens (tertiary/aromatic N) is 1. The van der Waals surface area contributed by atoms with Gasteiger partial charge in [-0.1, -0.05) is 39.0 Å². The lowest BCUT2D eigenvalue weighted by Gasteiger charge is -2.30. The monoisotopic (exact) mass is 275 g/mol. The van der Waals surface area contributed by atoms with E-state index in [0.717, 1.165) is 6.42 Å². The molecule has 0 aliphatic carbocycles. The summed E-state index contributed by atoms with van der Waals surface area (Å²) < 4.78 is 0. The Balaban J connectivity index is 2.36. The SMILES string of the molecule is Cc1ccc(C(C)(C)C)cc1C(CCO)N1CCCC1. The molecule has 1 aromatic carbocycles. The van der Waals surface area contributed by atoms with Gasteiger partial charge in [-0.15, -0.1) is 0 Å². The number of benzene rings is 1. The predicted octanol–water partition coefficient (Wildman–Crippen LogP) is 3.81. The zero-order valence-corrected chi connectivity index (χ0v) is 13.4. The van der Waals surface area contributed by atoms with Crippen LogP contribution in [0.1, 0.15) is 62.8 Å². The van der Waals surface area contributed by atoms with Gasteiger partial charge in [-0.2, -0.15) is 0 Å². The first-order chi connectivity index (χ1) is 9.43. The van der Waals surface area contributed by atoms with E-state index >= 15 is 0 Å². The Morgan fingerprint density at radius 1 is 1.20 bits per heavy atom. The van der Waals surface area contributed by atoms with Crippen LogP contribution in [-0.2, 0) is 5.41 Å². The molecule has 0 bridgehead atoms. The number of aliphatic hydroxyl groups is 1. The molecular weight excluding hydrogens is 246 g/mol. The van der Waals surface area contributed by atoms with Gasteiger partial charge in [-0.3, -0.25) is 4.90 Å². The Labute approximate surface area is 123 Å². The van der Waals surface area contributed by atoms with Crippen LogP contribution in [0.3, 0.4) is 0 Å². The molecule has 1 aromatic rings. The van der Waals surface area contributed by atoms with Crippen molar-refractivity contribution in [2.24, 2.45) is 0 Å². The fourth-order valence-electron chi connectivity index (χ4n) is 3.18. The van der Waals surface area contributed by atoms with E-state index in [1.807, 2.05) is 0 Å². The summed E-state index contributed by atoms with van der Waals surface area (Å²) in [4.78, 5) is 2.55. The minimum absolute atomic E-state index is 0.178. The van der Waals surface area contributed by atoms with Gasteiger partial charge in [0.25, 0.3) is 0 Å². The van der Waals surface area contributed by atoms with Crippen LogP contribution < -0.4 is 0 Å². The highest BCUT2D eigenvalue weighted by molar-refractivity contribution is 5.36. The fourth-order valence-corrected chi connectivity index (χ4v) is 3.18. The molecule has 2 nitrogen and oxygen atoms in total. The minimum atomic E-state index is 0.178. The van der Waals surface area contributed by atoms with Crippen molar-refractivity contribution in [1.29, 1.82) is 0 Å². The number of hydrogen-bond donors (Lipinski definition) is 1. The molecule has 1 heterocycles. The lowest BCUT2D eigenvalue weighted by atomic mass is 9.83. The van der Waals surface area contributed by atoms with E-state index in [1.165, 1.54) is 42.6 Å².